The number of fused-ring (bicyclic) bond motifs is 2. The average molecular weight is 349 g/mol. The van der Waals surface area contributed by atoms with Crippen molar-refractivity contribution in [2.45, 2.75) is 44.9 Å². The van der Waals surface area contributed by atoms with Crippen molar-refractivity contribution in [3.63, 3.8) is 0 Å². The minimum absolute atomic E-state index is 0.0969. The van der Waals surface area contributed by atoms with Gasteiger partial charge in [-0.25, -0.2) is 0 Å². The van der Waals surface area contributed by atoms with Crippen molar-refractivity contribution in [2.75, 3.05) is 4.90 Å². The number of benzene rings is 2. The van der Waals surface area contributed by atoms with Crippen LogP contribution < -0.4 is 4.90 Å². The zero-order chi connectivity index (χ0) is 18.3. The Balaban J connectivity index is 1.77. The first-order valence-electron chi connectivity index (χ1n) is 9.16. The molecule has 1 amide bonds. The summed E-state index contributed by atoms with van der Waals surface area (Å²) in [6, 6.07) is 17.6. The number of amides is 1. The smallest absolute Gasteiger partial charge is 0.264 e. The molecule has 0 N–H and O–H groups in total. The lowest BCUT2D eigenvalue weighted by Gasteiger charge is -2.38. The van der Waals surface area contributed by atoms with Gasteiger partial charge >= 0.3 is 0 Å². The summed E-state index contributed by atoms with van der Waals surface area (Å²) in [6.07, 6.45) is 0.273. The number of Topliss-reactive ketones (excluding diaryl/α,β-unsaturated/α-hetero) is 1. The van der Waals surface area contributed by atoms with E-state index in [-0.39, 0.29) is 30.1 Å². The van der Waals surface area contributed by atoms with Gasteiger partial charge in [0.25, 0.3) is 5.91 Å². The van der Waals surface area contributed by atoms with Gasteiger partial charge in [-0.15, -0.1) is 0 Å². The molecular weight excluding hydrogens is 326 g/mol. The molecule has 2 aliphatic rings. The third-order valence-electron chi connectivity index (χ3n) is 5.38. The molecule has 0 radical (unpaired) electrons. The van der Waals surface area contributed by atoms with Crippen LogP contribution >= 0.6 is 0 Å². The summed E-state index contributed by atoms with van der Waals surface area (Å²) in [5.41, 5.74) is 1.55. The summed E-state index contributed by atoms with van der Waals surface area (Å²) in [7, 11) is 0. The molecule has 4 nitrogen and oxygen atoms in total. The predicted molar refractivity (Wildman–Crippen MR) is 99.7 cm³/mol. The molecule has 1 saturated heterocycles. The van der Waals surface area contributed by atoms with E-state index >= 15 is 0 Å². The van der Waals surface area contributed by atoms with Crippen molar-refractivity contribution in [2.24, 2.45) is 5.92 Å². The lowest BCUT2D eigenvalue weighted by Crippen LogP contribution is -2.50. The van der Waals surface area contributed by atoms with Crippen LogP contribution in [0.15, 0.2) is 54.6 Å². The Bertz CT molecular complexity index is 845. The Kier molecular flexibility index (Phi) is 4.16. The van der Waals surface area contributed by atoms with Gasteiger partial charge in [-0.05, 0) is 17.5 Å². The number of ether oxygens (including phenoxy) is 1. The van der Waals surface area contributed by atoms with Crippen LogP contribution in [0.2, 0.25) is 0 Å². The van der Waals surface area contributed by atoms with E-state index in [2.05, 4.69) is 0 Å². The number of ketones is 1. The average Bonchev–Trinajstić information content (AvgIpc) is 2.85. The van der Waals surface area contributed by atoms with E-state index in [1.807, 2.05) is 68.4 Å². The molecule has 26 heavy (non-hydrogen) atoms. The number of nitrogens with zero attached hydrogens (tertiary/aromatic N) is 1. The molecule has 4 heteroatoms. The van der Waals surface area contributed by atoms with Gasteiger partial charge in [-0.2, -0.15) is 0 Å². The number of rotatable bonds is 3. The summed E-state index contributed by atoms with van der Waals surface area (Å²) in [5, 5.41) is 0. The summed E-state index contributed by atoms with van der Waals surface area (Å²) in [6.45, 7) is 4.54. The number of para-hydroxylation sites is 1. The summed E-state index contributed by atoms with van der Waals surface area (Å²) in [5.74, 6) is 0.153. The van der Waals surface area contributed by atoms with Gasteiger partial charge in [0.15, 0.2) is 5.60 Å². The Hall–Kier alpha value is -2.46. The summed E-state index contributed by atoms with van der Waals surface area (Å²) in [4.78, 5) is 27.8. The van der Waals surface area contributed by atoms with Crippen LogP contribution in [-0.2, 0) is 26.5 Å². The third-order valence-corrected chi connectivity index (χ3v) is 5.38. The fourth-order valence-electron chi connectivity index (χ4n) is 3.99. The Labute approximate surface area is 153 Å². The van der Waals surface area contributed by atoms with E-state index in [9.17, 15) is 9.59 Å². The van der Waals surface area contributed by atoms with Crippen LogP contribution in [0.1, 0.15) is 37.8 Å². The molecule has 2 aromatic carbocycles. The highest BCUT2D eigenvalue weighted by Crippen LogP contribution is 2.49. The molecule has 2 aliphatic heterocycles. The quantitative estimate of drug-likeness (QED) is 0.846. The molecule has 2 aromatic rings. The van der Waals surface area contributed by atoms with E-state index in [1.54, 1.807) is 4.90 Å². The lowest BCUT2D eigenvalue weighted by molar-refractivity contribution is -0.175. The Morgan fingerprint density at radius 1 is 1.08 bits per heavy atom. The molecule has 0 aromatic heterocycles. The van der Waals surface area contributed by atoms with Crippen LogP contribution in [-0.4, -0.2) is 17.8 Å². The normalized spacial score (nSPS) is 25.2. The van der Waals surface area contributed by atoms with Crippen LogP contribution in [0.25, 0.3) is 0 Å². The highest BCUT2D eigenvalue weighted by Gasteiger charge is 2.56. The van der Waals surface area contributed by atoms with Crippen molar-refractivity contribution in [1.29, 1.82) is 0 Å². The first-order valence-corrected chi connectivity index (χ1v) is 9.16. The molecule has 0 aliphatic carbocycles. The molecule has 1 spiro atoms. The zero-order valence-corrected chi connectivity index (χ0v) is 15.1. The molecular formula is C22H23NO3. The minimum atomic E-state index is -1.17. The van der Waals surface area contributed by atoms with Gasteiger partial charge in [0, 0.05) is 18.4 Å². The maximum absolute atomic E-state index is 13.5. The standard InChI is InChI=1S/C22H23NO3/c1-15(2)20-12-17(24)13-22(26-20)18-10-6-7-11-19(18)23(21(22)25)14-16-8-4-3-5-9-16/h3-11,15,20H,12-14H2,1-2H3/t20-,22+/m0/s1. The van der Waals surface area contributed by atoms with E-state index in [0.29, 0.717) is 13.0 Å². The highest BCUT2D eigenvalue weighted by molar-refractivity contribution is 6.09. The SMILES string of the molecule is CC(C)[C@@H]1CC(=O)C[C@]2(O1)C(=O)N(Cc1ccccc1)c1ccccc12. The maximum atomic E-state index is 13.5. The molecule has 2 atom stereocenters. The third kappa shape index (κ3) is 2.65. The van der Waals surface area contributed by atoms with E-state index < -0.39 is 5.60 Å². The van der Waals surface area contributed by atoms with Crippen LogP contribution in [0.4, 0.5) is 5.69 Å². The first-order chi connectivity index (χ1) is 12.5. The van der Waals surface area contributed by atoms with Gasteiger partial charge in [0.1, 0.15) is 5.78 Å². The van der Waals surface area contributed by atoms with Crippen LogP contribution in [0.5, 0.6) is 0 Å². The number of carbonyl (C=O) groups excluding carboxylic acids is 2. The maximum Gasteiger partial charge on any atom is 0.264 e. The van der Waals surface area contributed by atoms with Gasteiger partial charge in [0.05, 0.1) is 18.3 Å². The Morgan fingerprint density at radius 2 is 1.77 bits per heavy atom. The monoisotopic (exact) mass is 349 g/mol. The van der Waals surface area contributed by atoms with Gasteiger partial charge < -0.3 is 9.64 Å². The largest absolute Gasteiger partial charge is 0.356 e. The highest BCUT2D eigenvalue weighted by atomic mass is 16.5. The van der Waals surface area contributed by atoms with Crippen molar-refractivity contribution in [1.82, 2.24) is 0 Å². The second kappa shape index (κ2) is 6.36. The lowest BCUT2D eigenvalue weighted by atomic mass is 9.83. The Morgan fingerprint density at radius 3 is 2.50 bits per heavy atom. The molecule has 0 unspecified atom stereocenters. The topological polar surface area (TPSA) is 46.6 Å². The van der Waals surface area contributed by atoms with Crippen molar-refractivity contribution >= 4 is 17.4 Å². The summed E-state index contributed by atoms with van der Waals surface area (Å²) < 4.78 is 6.36. The molecule has 0 saturated carbocycles. The molecule has 1 fully saturated rings. The summed E-state index contributed by atoms with van der Waals surface area (Å²) >= 11 is 0. The van der Waals surface area contributed by atoms with Crippen LogP contribution in [0.3, 0.4) is 0 Å². The van der Waals surface area contributed by atoms with E-state index in [1.165, 1.54) is 0 Å². The molecule has 2 heterocycles. The number of anilines is 1. The number of carbonyl (C=O) groups is 2. The van der Waals surface area contributed by atoms with E-state index in [4.69, 9.17) is 4.74 Å². The molecule has 0 bridgehead atoms. The number of hydrogen-bond donors (Lipinski definition) is 0. The van der Waals surface area contributed by atoms with Crippen molar-refractivity contribution < 1.29 is 14.3 Å². The second-order valence-electron chi connectivity index (χ2n) is 7.54. The fraction of sp³-hybridized carbons (Fsp3) is 0.364. The molecule has 134 valence electrons. The van der Waals surface area contributed by atoms with Crippen LogP contribution in [0, 0.1) is 5.92 Å². The van der Waals surface area contributed by atoms with Gasteiger partial charge in [-0.1, -0.05) is 62.4 Å². The van der Waals surface area contributed by atoms with E-state index in [0.717, 1.165) is 16.8 Å². The minimum Gasteiger partial charge on any atom is -0.356 e. The zero-order valence-electron chi connectivity index (χ0n) is 15.1. The van der Waals surface area contributed by atoms with Gasteiger partial charge in [0.2, 0.25) is 0 Å². The van der Waals surface area contributed by atoms with Crippen molar-refractivity contribution in [3.8, 4) is 0 Å². The fourth-order valence-corrected chi connectivity index (χ4v) is 3.99. The number of hydrogen-bond acceptors (Lipinski definition) is 3. The van der Waals surface area contributed by atoms with Gasteiger partial charge in [-0.3, -0.25) is 9.59 Å². The van der Waals surface area contributed by atoms with Crippen molar-refractivity contribution in [3.05, 3.63) is 65.7 Å². The first kappa shape index (κ1) is 17.0. The molecule has 4 rings (SSSR count). The second-order valence-corrected chi connectivity index (χ2v) is 7.54. The predicted octanol–water partition coefficient (Wildman–Crippen LogP) is 3.83.